The Labute approximate surface area is 103 Å². The summed E-state index contributed by atoms with van der Waals surface area (Å²) < 4.78 is 0. The summed E-state index contributed by atoms with van der Waals surface area (Å²) in [6.07, 6.45) is -1.51. The van der Waals surface area contributed by atoms with E-state index in [9.17, 15) is 10.2 Å². The molecule has 3 nitrogen and oxygen atoms in total. The number of halogens is 2. The molecule has 1 rings (SSSR count). The van der Waals surface area contributed by atoms with Crippen molar-refractivity contribution in [1.29, 1.82) is 0 Å². The number of pyridine rings is 1. The summed E-state index contributed by atoms with van der Waals surface area (Å²) in [5, 5.41) is 19.7. The molecular formula is C9H11Cl2NO2S. The monoisotopic (exact) mass is 267 g/mol. The first-order valence-electron chi connectivity index (χ1n) is 4.34. The Hall–Kier alpha value is -0.0000000000000000555. The predicted octanol–water partition coefficient (Wildman–Crippen LogP) is 2.10. The molecule has 2 unspecified atom stereocenters. The fourth-order valence-corrected chi connectivity index (χ4v) is 1.91. The van der Waals surface area contributed by atoms with Crippen molar-refractivity contribution >= 4 is 35.8 Å². The van der Waals surface area contributed by atoms with Crippen molar-refractivity contribution in [3.05, 3.63) is 28.0 Å². The molecule has 6 heteroatoms. The van der Waals surface area contributed by atoms with Crippen molar-refractivity contribution in [1.82, 2.24) is 4.98 Å². The highest BCUT2D eigenvalue weighted by Gasteiger charge is 2.18. The second-order valence-electron chi connectivity index (χ2n) is 3.07. The first kappa shape index (κ1) is 13.1. The summed E-state index contributed by atoms with van der Waals surface area (Å²) in [5.74, 6) is 0.491. The van der Waals surface area contributed by atoms with Gasteiger partial charge in [-0.15, -0.1) is 0 Å². The fourth-order valence-electron chi connectivity index (χ4n) is 1.17. The summed E-state index contributed by atoms with van der Waals surface area (Å²) >= 11 is 15.3. The molecule has 0 spiro atoms. The number of rotatable bonds is 4. The van der Waals surface area contributed by atoms with Crippen LogP contribution in [0, 0.1) is 0 Å². The Bertz CT molecular complexity index is 318. The molecular weight excluding hydrogens is 257 g/mol. The molecule has 1 aromatic rings. The summed E-state index contributed by atoms with van der Waals surface area (Å²) in [5.41, 5.74) is 0.453. The van der Waals surface area contributed by atoms with E-state index >= 15 is 0 Å². The van der Waals surface area contributed by atoms with Gasteiger partial charge in [-0.2, -0.15) is 12.6 Å². The molecule has 2 N–H and O–H groups in total. The van der Waals surface area contributed by atoms with Crippen LogP contribution < -0.4 is 0 Å². The first-order valence-corrected chi connectivity index (χ1v) is 5.73. The molecule has 0 radical (unpaired) electrons. The molecule has 0 fully saturated rings. The third-order valence-electron chi connectivity index (χ3n) is 1.92. The first-order chi connectivity index (χ1) is 7.04. The maximum Gasteiger partial charge on any atom is 0.131 e. The summed E-state index contributed by atoms with van der Waals surface area (Å²) in [4.78, 5) is 3.75. The molecule has 84 valence electrons. The summed E-state index contributed by atoms with van der Waals surface area (Å²) in [6.45, 7) is 0. The highest BCUT2D eigenvalue weighted by atomic mass is 35.5. The average molecular weight is 268 g/mol. The van der Waals surface area contributed by atoms with Gasteiger partial charge in [0.05, 0.1) is 6.10 Å². The van der Waals surface area contributed by atoms with Crippen LogP contribution in [0.2, 0.25) is 10.3 Å². The van der Waals surface area contributed by atoms with E-state index in [1.165, 1.54) is 12.1 Å². The Balaban J connectivity index is 2.85. The van der Waals surface area contributed by atoms with Crippen LogP contribution >= 0.6 is 35.8 Å². The van der Waals surface area contributed by atoms with E-state index in [2.05, 4.69) is 17.6 Å². The van der Waals surface area contributed by atoms with Gasteiger partial charge in [-0.25, -0.2) is 4.98 Å². The van der Waals surface area contributed by atoms with Crippen molar-refractivity contribution in [3.63, 3.8) is 0 Å². The molecule has 1 aromatic heterocycles. The highest BCUT2D eigenvalue weighted by Crippen LogP contribution is 2.24. The Kier molecular flexibility index (Phi) is 5.15. The fraction of sp³-hybridized carbons (Fsp3) is 0.444. The molecule has 0 aromatic carbocycles. The van der Waals surface area contributed by atoms with E-state index in [-0.39, 0.29) is 10.3 Å². The number of aliphatic hydroxyl groups is 2. The normalized spacial score (nSPS) is 15.0. The lowest BCUT2D eigenvalue weighted by molar-refractivity contribution is 0.0172. The van der Waals surface area contributed by atoms with E-state index < -0.39 is 12.2 Å². The van der Waals surface area contributed by atoms with Crippen LogP contribution in [0.1, 0.15) is 18.1 Å². The van der Waals surface area contributed by atoms with Crippen molar-refractivity contribution in [3.8, 4) is 0 Å². The minimum absolute atomic E-state index is 0.189. The molecule has 15 heavy (non-hydrogen) atoms. The zero-order valence-corrected chi connectivity index (χ0v) is 10.2. The quantitative estimate of drug-likeness (QED) is 0.579. The molecule has 0 aliphatic carbocycles. The number of hydrogen-bond donors (Lipinski definition) is 3. The second kappa shape index (κ2) is 5.92. The SMILES string of the molecule is OC(CCS)C(O)c1cc(Cl)nc(Cl)c1. The van der Waals surface area contributed by atoms with Crippen LogP contribution in [0.4, 0.5) is 0 Å². The van der Waals surface area contributed by atoms with Gasteiger partial charge in [0, 0.05) is 0 Å². The molecule has 0 aliphatic heterocycles. The van der Waals surface area contributed by atoms with Crippen molar-refractivity contribution in [2.45, 2.75) is 18.6 Å². The third-order valence-corrected chi connectivity index (χ3v) is 2.56. The van der Waals surface area contributed by atoms with Crippen LogP contribution in [0.25, 0.3) is 0 Å². The van der Waals surface area contributed by atoms with E-state index in [4.69, 9.17) is 23.2 Å². The maximum atomic E-state index is 9.74. The lowest BCUT2D eigenvalue weighted by atomic mass is 10.0. The molecule has 0 saturated heterocycles. The zero-order valence-electron chi connectivity index (χ0n) is 7.77. The third kappa shape index (κ3) is 3.81. The van der Waals surface area contributed by atoms with Crippen LogP contribution in [0.15, 0.2) is 12.1 Å². The summed E-state index contributed by atoms with van der Waals surface area (Å²) in [6, 6.07) is 2.94. The van der Waals surface area contributed by atoms with E-state index in [1.807, 2.05) is 0 Å². The van der Waals surface area contributed by atoms with Gasteiger partial charge in [0.25, 0.3) is 0 Å². The smallest absolute Gasteiger partial charge is 0.131 e. The lowest BCUT2D eigenvalue weighted by Gasteiger charge is -2.17. The second-order valence-corrected chi connectivity index (χ2v) is 4.29. The predicted molar refractivity (Wildman–Crippen MR) is 63.7 cm³/mol. The van der Waals surface area contributed by atoms with Gasteiger partial charge >= 0.3 is 0 Å². The number of aromatic nitrogens is 1. The minimum atomic E-state index is -1.02. The van der Waals surface area contributed by atoms with Gasteiger partial charge < -0.3 is 10.2 Å². The number of nitrogens with zero attached hydrogens (tertiary/aromatic N) is 1. The van der Waals surface area contributed by atoms with E-state index in [0.29, 0.717) is 17.7 Å². The highest BCUT2D eigenvalue weighted by molar-refractivity contribution is 7.80. The van der Waals surface area contributed by atoms with Crippen molar-refractivity contribution in [2.24, 2.45) is 0 Å². The van der Waals surface area contributed by atoms with Gasteiger partial charge in [0.1, 0.15) is 16.4 Å². The average Bonchev–Trinajstić information content (AvgIpc) is 2.15. The number of hydrogen-bond acceptors (Lipinski definition) is 4. The van der Waals surface area contributed by atoms with Crippen molar-refractivity contribution < 1.29 is 10.2 Å². The van der Waals surface area contributed by atoms with Crippen LogP contribution in [-0.4, -0.2) is 27.1 Å². The molecule has 0 saturated carbocycles. The van der Waals surface area contributed by atoms with E-state index in [0.717, 1.165) is 0 Å². The largest absolute Gasteiger partial charge is 0.390 e. The van der Waals surface area contributed by atoms with Gasteiger partial charge in [-0.1, -0.05) is 23.2 Å². The van der Waals surface area contributed by atoms with Gasteiger partial charge in [0.2, 0.25) is 0 Å². The summed E-state index contributed by atoms with van der Waals surface area (Å²) in [7, 11) is 0. The Morgan fingerprint density at radius 3 is 2.27 bits per heavy atom. The number of aliphatic hydroxyl groups excluding tert-OH is 2. The maximum absolute atomic E-state index is 9.74. The standard InChI is InChI=1S/C9H11Cl2NO2S/c10-7-3-5(4-8(11)12-7)9(14)6(13)1-2-15/h3-4,6,9,13-15H,1-2H2. The molecule has 0 bridgehead atoms. The Morgan fingerprint density at radius 2 is 1.80 bits per heavy atom. The van der Waals surface area contributed by atoms with Gasteiger partial charge in [0.15, 0.2) is 0 Å². The number of thiol groups is 1. The van der Waals surface area contributed by atoms with Gasteiger partial charge in [-0.3, -0.25) is 0 Å². The van der Waals surface area contributed by atoms with Gasteiger partial charge in [-0.05, 0) is 29.9 Å². The molecule has 0 amide bonds. The molecule has 2 atom stereocenters. The zero-order chi connectivity index (χ0) is 11.4. The molecule has 0 aliphatic rings. The molecule has 1 heterocycles. The lowest BCUT2D eigenvalue weighted by Crippen LogP contribution is -2.18. The van der Waals surface area contributed by atoms with Crippen LogP contribution in [0.5, 0.6) is 0 Å². The minimum Gasteiger partial charge on any atom is -0.390 e. The Morgan fingerprint density at radius 1 is 1.27 bits per heavy atom. The van der Waals surface area contributed by atoms with Crippen molar-refractivity contribution in [2.75, 3.05) is 5.75 Å². The van der Waals surface area contributed by atoms with Crippen LogP contribution in [-0.2, 0) is 0 Å². The topological polar surface area (TPSA) is 53.4 Å². The van der Waals surface area contributed by atoms with Crippen LogP contribution in [0.3, 0.4) is 0 Å². The van der Waals surface area contributed by atoms with E-state index in [1.54, 1.807) is 0 Å².